The molecule has 0 aliphatic rings. The van der Waals surface area contributed by atoms with E-state index in [1.807, 2.05) is 0 Å². The molecule has 0 heterocycles. The summed E-state index contributed by atoms with van der Waals surface area (Å²) in [7, 11) is -0.175. The van der Waals surface area contributed by atoms with Crippen LogP contribution in [0.2, 0.25) is 0 Å². The highest BCUT2D eigenvalue weighted by Gasteiger charge is 2.10. The minimum Gasteiger partial charge on any atom is -0.202 e. The number of rotatable bonds is 8. The van der Waals surface area contributed by atoms with Crippen LogP contribution < -0.4 is 4.72 Å². The highest BCUT2D eigenvalue weighted by Crippen LogP contribution is 2.01. The van der Waals surface area contributed by atoms with E-state index >= 15 is 0 Å². The second-order valence-electron chi connectivity index (χ2n) is 3.28. The molecule has 0 unspecified atom stereocenters. The molecular weight excluding hydrogens is 268 g/mol. The number of hydrogen-bond acceptors (Lipinski definition) is 2. The second kappa shape index (κ2) is 7.62. The molecule has 0 aliphatic heterocycles. The van der Waals surface area contributed by atoms with Gasteiger partial charge in [-0.1, -0.05) is 28.8 Å². The van der Waals surface area contributed by atoms with Crippen molar-refractivity contribution in [3.05, 3.63) is 0 Å². The Morgan fingerprint density at radius 3 is 2.21 bits per heavy atom. The molecule has 0 saturated heterocycles. The molecule has 0 rings (SSSR count). The lowest BCUT2D eigenvalue weighted by Gasteiger charge is -2.11. The van der Waals surface area contributed by atoms with E-state index in [-0.39, 0.29) is 0 Å². The van der Waals surface area contributed by atoms with Crippen LogP contribution in [0.25, 0.3) is 0 Å². The zero-order chi connectivity index (χ0) is 11.0. The summed E-state index contributed by atoms with van der Waals surface area (Å²) in [5.41, 5.74) is 0. The number of alkyl halides is 1. The largest absolute Gasteiger partial charge is 0.278 e. The molecule has 6 heteroatoms. The van der Waals surface area contributed by atoms with Crippen molar-refractivity contribution in [2.75, 3.05) is 26.0 Å². The molecule has 0 fully saturated rings. The van der Waals surface area contributed by atoms with Crippen LogP contribution in [0.3, 0.4) is 0 Å². The standard InChI is InChI=1S/C8H19BrN2O2S/c1-11(2)14(12,13)10-8-6-4-3-5-7-9/h10H,3-8H2,1-2H3. The summed E-state index contributed by atoms with van der Waals surface area (Å²) in [6.45, 7) is 0.531. The van der Waals surface area contributed by atoms with Gasteiger partial charge in [-0.2, -0.15) is 12.7 Å². The third kappa shape index (κ3) is 6.75. The summed E-state index contributed by atoms with van der Waals surface area (Å²) in [6, 6.07) is 0. The van der Waals surface area contributed by atoms with Crippen LogP contribution in [0.5, 0.6) is 0 Å². The smallest absolute Gasteiger partial charge is 0.202 e. The molecular formula is C8H19BrN2O2S. The monoisotopic (exact) mass is 286 g/mol. The lowest BCUT2D eigenvalue weighted by molar-refractivity contribution is 0.502. The molecule has 0 atom stereocenters. The Morgan fingerprint density at radius 1 is 1.14 bits per heavy atom. The van der Waals surface area contributed by atoms with Crippen LogP contribution in [0, 0.1) is 0 Å². The van der Waals surface area contributed by atoms with Crippen LogP contribution in [-0.4, -0.2) is 38.7 Å². The number of unbranched alkanes of at least 4 members (excludes halogenated alkanes) is 3. The fourth-order valence-corrected chi connectivity index (χ4v) is 1.96. The van der Waals surface area contributed by atoms with Crippen LogP contribution in [0.4, 0.5) is 0 Å². The maximum absolute atomic E-state index is 11.2. The average molecular weight is 287 g/mol. The SMILES string of the molecule is CN(C)S(=O)(=O)NCCCCCCBr. The van der Waals surface area contributed by atoms with E-state index in [9.17, 15) is 8.42 Å². The highest BCUT2D eigenvalue weighted by molar-refractivity contribution is 9.09. The number of nitrogens with one attached hydrogen (secondary N) is 1. The average Bonchev–Trinajstić information content (AvgIpc) is 2.10. The van der Waals surface area contributed by atoms with E-state index < -0.39 is 10.2 Å². The molecule has 0 aromatic carbocycles. The summed E-state index contributed by atoms with van der Waals surface area (Å²) in [6.07, 6.45) is 4.27. The Balaban J connectivity index is 3.46. The number of halogens is 1. The molecule has 0 radical (unpaired) electrons. The topological polar surface area (TPSA) is 49.4 Å². The maximum atomic E-state index is 11.2. The molecule has 14 heavy (non-hydrogen) atoms. The molecule has 4 nitrogen and oxygen atoms in total. The van der Waals surface area contributed by atoms with Crippen LogP contribution in [-0.2, 0) is 10.2 Å². The van der Waals surface area contributed by atoms with Crippen molar-refractivity contribution in [3.63, 3.8) is 0 Å². The van der Waals surface area contributed by atoms with Gasteiger partial charge < -0.3 is 0 Å². The van der Waals surface area contributed by atoms with Gasteiger partial charge in [0.2, 0.25) is 0 Å². The lowest BCUT2D eigenvalue weighted by atomic mass is 10.2. The zero-order valence-corrected chi connectivity index (χ0v) is 11.2. The molecule has 0 aliphatic carbocycles. The molecule has 1 N–H and O–H groups in total. The molecule has 0 aromatic rings. The quantitative estimate of drug-likeness (QED) is 0.541. The molecule has 0 bridgehead atoms. The zero-order valence-electron chi connectivity index (χ0n) is 8.79. The fraction of sp³-hybridized carbons (Fsp3) is 1.00. The maximum Gasteiger partial charge on any atom is 0.278 e. The second-order valence-corrected chi connectivity index (χ2v) is 6.05. The van der Waals surface area contributed by atoms with Gasteiger partial charge in [0.1, 0.15) is 0 Å². The summed E-state index contributed by atoms with van der Waals surface area (Å²) in [5, 5.41) is 1.02. The van der Waals surface area contributed by atoms with Gasteiger partial charge in [-0.25, -0.2) is 4.72 Å². The van der Waals surface area contributed by atoms with Crippen molar-refractivity contribution in [2.45, 2.75) is 25.7 Å². The summed E-state index contributed by atoms with van der Waals surface area (Å²) >= 11 is 3.35. The van der Waals surface area contributed by atoms with E-state index in [0.717, 1.165) is 31.0 Å². The Labute approximate surface area is 95.4 Å². The van der Waals surface area contributed by atoms with Crippen molar-refractivity contribution in [2.24, 2.45) is 0 Å². The Hall–Kier alpha value is 0.350. The number of hydrogen-bond donors (Lipinski definition) is 1. The number of nitrogens with zero attached hydrogens (tertiary/aromatic N) is 1. The Kier molecular flexibility index (Phi) is 7.81. The molecule has 0 aromatic heterocycles. The van der Waals surface area contributed by atoms with Crippen molar-refractivity contribution < 1.29 is 8.42 Å². The minimum atomic E-state index is -3.22. The van der Waals surface area contributed by atoms with Gasteiger partial charge in [0.05, 0.1) is 0 Å². The van der Waals surface area contributed by atoms with Gasteiger partial charge in [-0.3, -0.25) is 0 Å². The Morgan fingerprint density at radius 2 is 1.71 bits per heavy atom. The first kappa shape index (κ1) is 14.3. The van der Waals surface area contributed by atoms with Gasteiger partial charge in [0, 0.05) is 26.0 Å². The fourth-order valence-electron chi connectivity index (χ4n) is 0.903. The molecule has 0 spiro atoms. The van der Waals surface area contributed by atoms with Crippen molar-refractivity contribution >= 4 is 26.1 Å². The molecule has 0 saturated carbocycles. The molecule has 0 amide bonds. The Bertz CT molecular complexity index is 229. The molecule has 86 valence electrons. The summed E-state index contributed by atoms with van der Waals surface area (Å²) in [4.78, 5) is 0. The predicted molar refractivity (Wildman–Crippen MR) is 62.9 cm³/mol. The van der Waals surface area contributed by atoms with Crippen LogP contribution in [0.15, 0.2) is 0 Å². The van der Waals surface area contributed by atoms with Crippen LogP contribution >= 0.6 is 15.9 Å². The van der Waals surface area contributed by atoms with Crippen LogP contribution in [0.1, 0.15) is 25.7 Å². The third-order valence-corrected chi connectivity index (χ3v) is 3.92. The third-order valence-electron chi connectivity index (χ3n) is 1.83. The van der Waals surface area contributed by atoms with E-state index in [1.54, 1.807) is 0 Å². The van der Waals surface area contributed by atoms with E-state index in [1.165, 1.54) is 18.4 Å². The van der Waals surface area contributed by atoms with Crippen molar-refractivity contribution in [3.8, 4) is 0 Å². The highest BCUT2D eigenvalue weighted by atomic mass is 79.9. The van der Waals surface area contributed by atoms with Gasteiger partial charge >= 0.3 is 0 Å². The summed E-state index contributed by atoms with van der Waals surface area (Å²) in [5.74, 6) is 0. The first-order valence-electron chi connectivity index (χ1n) is 4.74. The van der Waals surface area contributed by atoms with Crippen molar-refractivity contribution in [1.82, 2.24) is 9.03 Å². The minimum absolute atomic E-state index is 0.531. The lowest BCUT2D eigenvalue weighted by Crippen LogP contribution is -2.36. The van der Waals surface area contributed by atoms with E-state index in [0.29, 0.717) is 6.54 Å². The predicted octanol–water partition coefficient (Wildman–Crippen LogP) is 1.34. The van der Waals surface area contributed by atoms with E-state index in [2.05, 4.69) is 20.7 Å². The van der Waals surface area contributed by atoms with Gasteiger partial charge in [0.15, 0.2) is 0 Å². The first-order chi connectivity index (χ1) is 6.50. The van der Waals surface area contributed by atoms with Gasteiger partial charge in [-0.15, -0.1) is 0 Å². The van der Waals surface area contributed by atoms with E-state index in [4.69, 9.17) is 0 Å². The van der Waals surface area contributed by atoms with Gasteiger partial charge in [-0.05, 0) is 12.8 Å². The van der Waals surface area contributed by atoms with Gasteiger partial charge in [0.25, 0.3) is 10.2 Å². The normalized spacial score (nSPS) is 12.3. The summed E-state index contributed by atoms with van der Waals surface area (Å²) < 4.78 is 26.2. The van der Waals surface area contributed by atoms with Crippen molar-refractivity contribution in [1.29, 1.82) is 0 Å². The first-order valence-corrected chi connectivity index (χ1v) is 7.30.